The van der Waals surface area contributed by atoms with Crippen molar-refractivity contribution >= 4 is 17.9 Å². The van der Waals surface area contributed by atoms with Crippen molar-refractivity contribution in [3.8, 4) is 0 Å². The molecular weight excluding hydrogens is 394 g/mol. The van der Waals surface area contributed by atoms with Crippen LogP contribution in [0.25, 0.3) is 0 Å². The van der Waals surface area contributed by atoms with Gasteiger partial charge < -0.3 is 20.3 Å². The third-order valence-corrected chi connectivity index (χ3v) is 4.77. The molecule has 3 atom stereocenters. The van der Waals surface area contributed by atoms with Gasteiger partial charge in [-0.25, -0.2) is 4.79 Å². The van der Waals surface area contributed by atoms with Gasteiger partial charge in [-0.15, -0.1) is 0 Å². The van der Waals surface area contributed by atoms with Gasteiger partial charge in [0.15, 0.2) is 0 Å². The average Bonchev–Trinajstić information content (AvgIpc) is 2.63. The number of nitrogens with zero attached hydrogens (tertiary/aromatic N) is 1. The van der Waals surface area contributed by atoms with Crippen molar-refractivity contribution in [1.29, 1.82) is 0 Å². The van der Waals surface area contributed by atoms with Crippen LogP contribution in [-0.4, -0.2) is 46.5 Å². The van der Waals surface area contributed by atoms with E-state index in [1.807, 2.05) is 58.9 Å². The lowest BCUT2D eigenvalue weighted by Gasteiger charge is -2.38. The number of carbonyl (C=O) groups excluding carboxylic acids is 3. The fourth-order valence-electron chi connectivity index (χ4n) is 3.12. The molecule has 0 heterocycles. The molecule has 31 heavy (non-hydrogen) atoms. The first kappa shape index (κ1) is 26.5. The average molecular weight is 434 g/mol. The van der Waals surface area contributed by atoms with Crippen molar-refractivity contribution in [2.45, 2.75) is 98.5 Å². The fourth-order valence-corrected chi connectivity index (χ4v) is 3.12. The Labute approximate surface area is 186 Å². The molecule has 0 saturated heterocycles. The zero-order valence-corrected chi connectivity index (χ0v) is 20.4. The number of amides is 3. The Morgan fingerprint density at radius 3 is 2.00 bits per heavy atom. The molecule has 3 amide bonds. The molecular formula is C24H39N3O4. The highest BCUT2D eigenvalue weighted by Gasteiger charge is 2.37. The highest BCUT2D eigenvalue weighted by atomic mass is 16.6. The molecule has 174 valence electrons. The maximum Gasteiger partial charge on any atom is 0.408 e. The predicted molar refractivity (Wildman–Crippen MR) is 123 cm³/mol. The van der Waals surface area contributed by atoms with Crippen molar-refractivity contribution < 1.29 is 19.1 Å². The van der Waals surface area contributed by atoms with Crippen molar-refractivity contribution in [3.63, 3.8) is 0 Å². The minimum Gasteiger partial charge on any atom is -0.444 e. The van der Waals surface area contributed by atoms with E-state index >= 15 is 0 Å². The van der Waals surface area contributed by atoms with Crippen molar-refractivity contribution in [2.24, 2.45) is 0 Å². The summed E-state index contributed by atoms with van der Waals surface area (Å²) >= 11 is 0. The first-order chi connectivity index (χ1) is 14.3. The van der Waals surface area contributed by atoms with Crippen LogP contribution < -0.4 is 10.6 Å². The number of carbonyl (C=O) groups is 3. The van der Waals surface area contributed by atoms with Gasteiger partial charge >= 0.3 is 6.09 Å². The summed E-state index contributed by atoms with van der Waals surface area (Å²) in [5.41, 5.74) is 1.11. The summed E-state index contributed by atoms with van der Waals surface area (Å²) in [6.07, 6.45) is -0.0154. The van der Waals surface area contributed by atoms with Crippen LogP contribution in [0.1, 0.15) is 79.0 Å². The van der Waals surface area contributed by atoms with E-state index in [4.69, 9.17) is 4.74 Å². The van der Waals surface area contributed by atoms with Crippen LogP contribution in [0.15, 0.2) is 24.3 Å². The van der Waals surface area contributed by atoms with Crippen LogP contribution in [0, 0.1) is 6.92 Å². The Bertz CT molecular complexity index is 753. The third-order valence-electron chi connectivity index (χ3n) is 4.77. The Morgan fingerprint density at radius 1 is 1.00 bits per heavy atom. The molecule has 1 rings (SSSR count). The number of hydrogen-bond donors (Lipinski definition) is 2. The number of hydrogen-bond acceptors (Lipinski definition) is 4. The van der Waals surface area contributed by atoms with E-state index in [-0.39, 0.29) is 23.9 Å². The molecule has 0 bridgehead atoms. The van der Waals surface area contributed by atoms with Gasteiger partial charge in [0.05, 0.1) is 0 Å². The number of benzene rings is 1. The SMILES string of the molecule is CCC(C)N(C(=O)C(C)NC(=O)OC(C)(C)C)C(C(=O)NC(C)C)c1ccc(C)cc1. The molecule has 3 unspecified atom stereocenters. The molecule has 0 aliphatic carbocycles. The first-order valence-corrected chi connectivity index (χ1v) is 11.0. The summed E-state index contributed by atoms with van der Waals surface area (Å²) < 4.78 is 5.28. The molecule has 0 fully saturated rings. The van der Waals surface area contributed by atoms with E-state index in [9.17, 15) is 14.4 Å². The monoisotopic (exact) mass is 433 g/mol. The zero-order chi connectivity index (χ0) is 23.9. The van der Waals surface area contributed by atoms with E-state index in [0.717, 1.165) is 11.1 Å². The maximum atomic E-state index is 13.5. The van der Waals surface area contributed by atoms with Crippen LogP contribution in [0.5, 0.6) is 0 Å². The fraction of sp³-hybridized carbons (Fsp3) is 0.625. The summed E-state index contributed by atoms with van der Waals surface area (Å²) in [4.78, 5) is 40.5. The summed E-state index contributed by atoms with van der Waals surface area (Å²) in [6.45, 7) is 16.5. The highest BCUT2D eigenvalue weighted by Crippen LogP contribution is 2.26. The Kier molecular flexibility index (Phi) is 9.53. The molecule has 0 aliphatic heterocycles. The lowest BCUT2D eigenvalue weighted by molar-refractivity contribution is -0.145. The van der Waals surface area contributed by atoms with Crippen LogP contribution >= 0.6 is 0 Å². The smallest absolute Gasteiger partial charge is 0.408 e. The maximum absolute atomic E-state index is 13.5. The van der Waals surface area contributed by atoms with Gasteiger partial charge in [-0.3, -0.25) is 9.59 Å². The minimum absolute atomic E-state index is 0.0772. The summed E-state index contributed by atoms with van der Waals surface area (Å²) in [7, 11) is 0. The van der Waals surface area contributed by atoms with Crippen molar-refractivity contribution in [1.82, 2.24) is 15.5 Å². The summed E-state index contributed by atoms with van der Waals surface area (Å²) in [5, 5.41) is 5.54. The van der Waals surface area contributed by atoms with Crippen molar-refractivity contribution in [3.05, 3.63) is 35.4 Å². The van der Waals surface area contributed by atoms with Crippen LogP contribution in [0.4, 0.5) is 4.79 Å². The van der Waals surface area contributed by atoms with Gasteiger partial charge in [-0.05, 0) is 67.4 Å². The van der Waals surface area contributed by atoms with E-state index in [1.54, 1.807) is 32.6 Å². The van der Waals surface area contributed by atoms with E-state index in [0.29, 0.717) is 6.42 Å². The lowest BCUT2D eigenvalue weighted by Crippen LogP contribution is -2.55. The zero-order valence-electron chi connectivity index (χ0n) is 20.4. The molecule has 7 nitrogen and oxygen atoms in total. The van der Waals surface area contributed by atoms with E-state index < -0.39 is 23.8 Å². The molecule has 0 aromatic heterocycles. The number of nitrogens with one attached hydrogen (secondary N) is 2. The Balaban J connectivity index is 3.31. The van der Waals surface area contributed by atoms with E-state index in [1.165, 1.54) is 0 Å². The molecule has 0 spiro atoms. The quantitative estimate of drug-likeness (QED) is 0.646. The summed E-state index contributed by atoms with van der Waals surface area (Å²) in [6, 6.07) is 5.62. The number of alkyl carbamates (subject to hydrolysis) is 1. The van der Waals surface area contributed by atoms with Crippen molar-refractivity contribution in [2.75, 3.05) is 0 Å². The normalized spacial score (nSPS) is 14.4. The predicted octanol–water partition coefficient (Wildman–Crippen LogP) is 4.10. The molecule has 2 N–H and O–H groups in total. The second-order valence-electron chi connectivity index (χ2n) is 9.35. The standard InChI is InChI=1S/C24H39N3O4/c1-10-17(5)27(22(29)18(6)26-23(30)31-24(7,8)9)20(21(28)25-15(2)3)19-13-11-16(4)12-14-19/h11-15,17-18,20H,10H2,1-9H3,(H,25,28)(H,26,30). The van der Waals surface area contributed by atoms with Crippen LogP contribution in [-0.2, 0) is 14.3 Å². The molecule has 7 heteroatoms. The molecule has 0 radical (unpaired) electrons. The van der Waals surface area contributed by atoms with Crippen LogP contribution in [0.2, 0.25) is 0 Å². The number of aryl methyl sites for hydroxylation is 1. The molecule has 1 aromatic rings. The van der Waals surface area contributed by atoms with Gasteiger partial charge in [0.25, 0.3) is 0 Å². The van der Waals surface area contributed by atoms with Gasteiger partial charge in [-0.2, -0.15) is 0 Å². The van der Waals surface area contributed by atoms with Gasteiger partial charge in [0.1, 0.15) is 17.7 Å². The highest BCUT2D eigenvalue weighted by molar-refractivity contribution is 5.92. The second kappa shape index (κ2) is 11.2. The number of rotatable bonds is 8. The van der Waals surface area contributed by atoms with Crippen LogP contribution in [0.3, 0.4) is 0 Å². The Morgan fingerprint density at radius 2 is 1.55 bits per heavy atom. The third kappa shape index (κ3) is 8.23. The second-order valence-corrected chi connectivity index (χ2v) is 9.35. The minimum atomic E-state index is -0.858. The van der Waals surface area contributed by atoms with Gasteiger partial charge in [0.2, 0.25) is 11.8 Å². The molecule has 0 aliphatic rings. The lowest BCUT2D eigenvalue weighted by atomic mass is 9.99. The number of ether oxygens (including phenoxy) is 1. The van der Waals surface area contributed by atoms with E-state index in [2.05, 4.69) is 10.6 Å². The van der Waals surface area contributed by atoms with Gasteiger partial charge in [-0.1, -0.05) is 36.8 Å². The topological polar surface area (TPSA) is 87.7 Å². The van der Waals surface area contributed by atoms with Gasteiger partial charge in [0, 0.05) is 12.1 Å². The Hall–Kier alpha value is -2.57. The molecule has 0 saturated carbocycles. The first-order valence-electron chi connectivity index (χ1n) is 11.0. The largest absolute Gasteiger partial charge is 0.444 e. The summed E-state index contributed by atoms with van der Waals surface area (Å²) in [5.74, 6) is -0.596. The molecule has 1 aromatic carbocycles.